The van der Waals surface area contributed by atoms with E-state index in [0.29, 0.717) is 38.5 Å². The number of rotatable bonds is 5. The Morgan fingerprint density at radius 1 is 1.00 bits per heavy atom. The number of aromatic carboxylic acids is 1. The van der Waals surface area contributed by atoms with Crippen molar-refractivity contribution in [3.63, 3.8) is 0 Å². The molecule has 2 amide bonds. The molecule has 0 spiro atoms. The van der Waals surface area contributed by atoms with Gasteiger partial charge in [0.15, 0.2) is 5.76 Å². The molecule has 0 aromatic carbocycles. The lowest BCUT2D eigenvalue weighted by Gasteiger charge is -2.34. The van der Waals surface area contributed by atoms with Gasteiger partial charge in [0.2, 0.25) is 11.7 Å². The minimum Gasteiger partial charge on any atom is -0.475 e. The predicted octanol–water partition coefficient (Wildman–Crippen LogP) is 2.23. The van der Waals surface area contributed by atoms with E-state index in [4.69, 9.17) is 9.52 Å². The second kappa shape index (κ2) is 7.72. The Morgan fingerprint density at radius 2 is 1.60 bits per heavy atom. The molecule has 1 aliphatic carbocycles. The average molecular weight is 348 g/mol. The van der Waals surface area contributed by atoms with Gasteiger partial charge < -0.3 is 19.3 Å². The van der Waals surface area contributed by atoms with E-state index in [1.807, 2.05) is 4.90 Å². The second-order valence-electron chi connectivity index (χ2n) is 6.83. The van der Waals surface area contributed by atoms with Crippen molar-refractivity contribution in [1.29, 1.82) is 0 Å². The van der Waals surface area contributed by atoms with Crippen LogP contribution in [0, 0.1) is 5.92 Å². The van der Waals surface area contributed by atoms with Gasteiger partial charge in [-0.05, 0) is 24.5 Å². The number of carbonyl (C=O) groups excluding carboxylic acids is 2. The number of amides is 2. The van der Waals surface area contributed by atoms with Crippen molar-refractivity contribution >= 4 is 17.8 Å². The molecule has 2 fully saturated rings. The summed E-state index contributed by atoms with van der Waals surface area (Å²) in [6, 6.07) is 2.66. The molecule has 1 aliphatic heterocycles. The van der Waals surface area contributed by atoms with Crippen LogP contribution in [0.25, 0.3) is 0 Å². The highest BCUT2D eigenvalue weighted by Crippen LogP contribution is 2.28. The molecular weight excluding hydrogens is 324 g/mol. The highest BCUT2D eigenvalue weighted by atomic mass is 16.4. The van der Waals surface area contributed by atoms with Crippen LogP contribution < -0.4 is 0 Å². The van der Waals surface area contributed by atoms with E-state index in [1.54, 1.807) is 4.90 Å². The summed E-state index contributed by atoms with van der Waals surface area (Å²) in [7, 11) is 0. The van der Waals surface area contributed by atoms with Gasteiger partial charge in [0.1, 0.15) is 0 Å². The smallest absolute Gasteiger partial charge is 0.371 e. The van der Waals surface area contributed by atoms with E-state index in [2.05, 4.69) is 0 Å². The van der Waals surface area contributed by atoms with Gasteiger partial charge in [-0.3, -0.25) is 9.59 Å². The number of carboxylic acids is 1. The highest BCUT2D eigenvalue weighted by Gasteiger charge is 2.27. The summed E-state index contributed by atoms with van der Waals surface area (Å²) in [6.07, 6.45) is 6.64. The van der Waals surface area contributed by atoms with Gasteiger partial charge in [-0.15, -0.1) is 0 Å². The van der Waals surface area contributed by atoms with Crippen LogP contribution in [0.15, 0.2) is 16.5 Å². The molecule has 136 valence electrons. The topological polar surface area (TPSA) is 91.1 Å². The van der Waals surface area contributed by atoms with Gasteiger partial charge in [0.05, 0.1) is 0 Å². The van der Waals surface area contributed by atoms with E-state index in [1.165, 1.54) is 37.8 Å². The molecule has 2 heterocycles. The fourth-order valence-electron chi connectivity index (χ4n) is 3.67. The third-order valence-corrected chi connectivity index (χ3v) is 5.19. The molecule has 1 saturated heterocycles. The molecule has 0 bridgehead atoms. The number of piperazine rings is 1. The van der Waals surface area contributed by atoms with Crippen molar-refractivity contribution in [3.8, 4) is 0 Å². The van der Waals surface area contributed by atoms with Crippen LogP contribution in [-0.2, 0) is 4.79 Å². The third kappa shape index (κ3) is 4.21. The third-order valence-electron chi connectivity index (χ3n) is 5.19. The van der Waals surface area contributed by atoms with Crippen molar-refractivity contribution < 1.29 is 23.9 Å². The number of carbonyl (C=O) groups is 3. The lowest BCUT2D eigenvalue weighted by atomic mass is 10.0. The Balaban J connectivity index is 1.46. The normalized spacial score (nSPS) is 18.6. The Labute approximate surface area is 146 Å². The van der Waals surface area contributed by atoms with Crippen LogP contribution in [0.5, 0.6) is 0 Å². The van der Waals surface area contributed by atoms with Gasteiger partial charge in [-0.2, -0.15) is 0 Å². The molecule has 3 rings (SSSR count). The summed E-state index contributed by atoms with van der Waals surface area (Å²) in [4.78, 5) is 38.9. The van der Waals surface area contributed by atoms with Crippen molar-refractivity contribution in [2.24, 2.45) is 5.92 Å². The summed E-state index contributed by atoms with van der Waals surface area (Å²) < 4.78 is 5.06. The molecule has 1 aromatic heterocycles. The van der Waals surface area contributed by atoms with Crippen LogP contribution in [0.1, 0.15) is 59.6 Å². The summed E-state index contributed by atoms with van der Waals surface area (Å²) in [5.41, 5.74) is 0. The van der Waals surface area contributed by atoms with Crippen molar-refractivity contribution in [2.45, 2.75) is 38.5 Å². The maximum absolute atomic E-state index is 12.3. The first kappa shape index (κ1) is 17.5. The zero-order chi connectivity index (χ0) is 17.8. The first-order chi connectivity index (χ1) is 12.0. The second-order valence-corrected chi connectivity index (χ2v) is 6.83. The van der Waals surface area contributed by atoms with Crippen LogP contribution in [0.2, 0.25) is 0 Å². The number of hydrogen-bond donors (Lipinski definition) is 1. The molecule has 2 aliphatic rings. The van der Waals surface area contributed by atoms with Gasteiger partial charge in [-0.25, -0.2) is 4.79 Å². The summed E-state index contributed by atoms with van der Waals surface area (Å²) in [5, 5.41) is 8.85. The number of nitrogens with zero attached hydrogens (tertiary/aromatic N) is 2. The minimum absolute atomic E-state index is 0.0263. The molecular formula is C18H24N2O5. The molecule has 0 atom stereocenters. The zero-order valence-corrected chi connectivity index (χ0v) is 14.3. The van der Waals surface area contributed by atoms with E-state index >= 15 is 0 Å². The molecule has 1 aromatic rings. The molecule has 7 nitrogen and oxygen atoms in total. The maximum atomic E-state index is 12.3. The van der Waals surface area contributed by atoms with Gasteiger partial charge in [0, 0.05) is 32.6 Å². The van der Waals surface area contributed by atoms with E-state index in [-0.39, 0.29) is 23.3 Å². The fourth-order valence-corrected chi connectivity index (χ4v) is 3.67. The zero-order valence-electron chi connectivity index (χ0n) is 14.3. The molecule has 0 radical (unpaired) electrons. The average Bonchev–Trinajstić information content (AvgIpc) is 3.30. The number of carboxylic acid groups (broad SMARTS) is 1. The van der Waals surface area contributed by atoms with Crippen LogP contribution in [0.3, 0.4) is 0 Å². The largest absolute Gasteiger partial charge is 0.475 e. The quantitative estimate of drug-likeness (QED) is 0.881. The van der Waals surface area contributed by atoms with Crippen LogP contribution in [-0.4, -0.2) is 58.9 Å². The van der Waals surface area contributed by atoms with Crippen molar-refractivity contribution in [3.05, 3.63) is 23.7 Å². The van der Waals surface area contributed by atoms with E-state index in [9.17, 15) is 14.4 Å². The van der Waals surface area contributed by atoms with Gasteiger partial charge >= 0.3 is 5.97 Å². The molecule has 1 saturated carbocycles. The lowest BCUT2D eigenvalue weighted by molar-refractivity contribution is -0.133. The first-order valence-electron chi connectivity index (χ1n) is 8.95. The number of furan rings is 1. The van der Waals surface area contributed by atoms with E-state index < -0.39 is 5.97 Å². The molecule has 25 heavy (non-hydrogen) atoms. The SMILES string of the molecule is O=C(O)c1ccc(C(=O)N2CCN(C(=O)CCC3CCCC3)CC2)o1. The lowest BCUT2D eigenvalue weighted by Crippen LogP contribution is -2.50. The molecule has 1 N–H and O–H groups in total. The summed E-state index contributed by atoms with van der Waals surface area (Å²) in [6.45, 7) is 1.91. The Kier molecular flexibility index (Phi) is 5.40. The number of hydrogen-bond acceptors (Lipinski definition) is 4. The van der Waals surface area contributed by atoms with Crippen LogP contribution in [0.4, 0.5) is 0 Å². The van der Waals surface area contributed by atoms with Crippen molar-refractivity contribution in [1.82, 2.24) is 9.80 Å². The monoisotopic (exact) mass is 348 g/mol. The summed E-state index contributed by atoms with van der Waals surface area (Å²) in [5.74, 6) is -0.871. The standard InChI is InChI=1S/C18H24N2O5/c21-16(8-5-13-3-1-2-4-13)19-9-11-20(12-10-19)17(22)14-6-7-15(25-14)18(23)24/h6-7,13H,1-5,8-12H2,(H,23,24). The van der Waals surface area contributed by atoms with Crippen molar-refractivity contribution in [2.75, 3.05) is 26.2 Å². The van der Waals surface area contributed by atoms with E-state index in [0.717, 1.165) is 6.42 Å². The fraction of sp³-hybridized carbons (Fsp3) is 0.611. The first-order valence-corrected chi connectivity index (χ1v) is 8.95. The molecule has 7 heteroatoms. The highest BCUT2D eigenvalue weighted by molar-refractivity contribution is 5.93. The minimum atomic E-state index is -1.20. The molecule has 0 unspecified atom stereocenters. The summed E-state index contributed by atoms with van der Waals surface area (Å²) >= 11 is 0. The van der Waals surface area contributed by atoms with Gasteiger partial charge in [-0.1, -0.05) is 25.7 Å². The predicted molar refractivity (Wildman–Crippen MR) is 89.3 cm³/mol. The Bertz CT molecular complexity index is 640. The Morgan fingerprint density at radius 3 is 2.20 bits per heavy atom. The van der Waals surface area contributed by atoms with Gasteiger partial charge in [0.25, 0.3) is 5.91 Å². The van der Waals surface area contributed by atoms with Crippen LogP contribution >= 0.6 is 0 Å². The maximum Gasteiger partial charge on any atom is 0.371 e. The Hall–Kier alpha value is -2.31.